The average Bonchev–Trinajstić information content (AvgIpc) is 3.42. The van der Waals surface area contributed by atoms with E-state index in [9.17, 15) is 5.26 Å². The van der Waals surface area contributed by atoms with Crippen molar-refractivity contribution >= 4 is 33.6 Å². The molecule has 5 rings (SSSR count). The second-order valence-electron chi connectivity index (χ2n) is 9.31. The summed E-state index contributed by atoms with van der Waals surface area (Å²) in [6.45, 7) is 5.43. The van der Waals surface area contributed by atoms with E-state index in [1.54, 1.807) is 38.9 Å². The molecule has 1 aliphatic heterocycles. The Balaban J connectivity index is 1.44. The Hall–Kier alpha value is -3.84. The number of pyridine rings is 1. The van der Waals surface area contributed by atoms with Crippen molar-refractivity contribution < 1.29 is 14.2 Å². The van der Waals surface area contributed by atoms with Gasteiger partial charge < -0.3 is 24.4 Å². The number of anilines is 2. The average molecular weight is 530 g/mol. The molecule has 1 fully saturated rings. The summed E-state index contributed by atoms with van der Waals surface area (Å²) in [5.74, 6) is 1.56. The first-order chi connectivity index (χ1) is 18.5. The number of benzene rings is 2. The molecule has 4 aromatic rings. The van der Waals surface area contributed by atoms with E-state index in [4.69, 9.17) is 14.2 Å². The topological polar surface area (TPSA) is 82.9 Å². The third-order valence-electron chi connectivity index (χ3n) is 6.89. The number of rotatable bonds is 8. The van der Waals surface area contributed by atoms with Crippen molar-refractivity contribution in [3.05, 3.63) is 58.4 Å². The van der Waals surface area contributed by atoms with E-state index in [0.29, 0.717) is 34.2 Å². The van der Waals surface area contributed by atoms with Crippen LogP contribution in [0.25, 0.3) is 22.0 Å². The van der Waals surface area contributed by atoms with Gasteiger partial charge in [0.1, 0.15) is 6.07 Å². The predicted molar refractivity (Wildman–Crippen MR) is 152 cm³/mol. The molecule has 0 saturated carbocycles. The summed E-state index contributed by atoms with van der Waals surface area (Å²) in [5.41, 5.74) is 4.94. The lowest BCUT2D eigenvalue weighted by Gasteiger charge is -2.31. The maximum Gasteiger partial charge on any atom is 0.203 e. The summed E-state index contributed by atoms with van der Waals surface area (Å²) in [4.78, 5) is 10.9. The first-order valence-electron chi connectivity index (χ1n) is 12.4. The van der Waals surface area contributed by atoms with Gasteiger partial charge in [0.25, 0.3) is 0 Å². The normalized spacial score (nSPS) is 14.3. The van der Waals surface area contributed by atoms with Crippen LogP contribution in [0.1, 0.15) is 10.4 Å². The number of fused-ring (bicyclic) bond motifs is 1. The lowest BCUT2D eigenvalue weighted by atomic mass is 10.0. The molecule has 1 N–H and O–H groups in total. The Labute approximate surface area is 227 Å². The number of thiophene rings is 1. The zero-order chi connectivity index (χ0) is 26.6. The molecular weight excluding hydrogens is 498 g/mol. The van der Waals surface area contributed by atoms with Gasteiger partial charge >= 0.3 is 0 Å². The number of methoxy groups -OCH3 is 3. The van der Waals surface area contributed by atoms with Gasteiger partial charge in [0.2, 0.25) is 5.75 Å². The highest BCUT2D eigenvalue weighted by Gasteiger charge is 2.17. The molecule has 3 heterocycles. The second-order valence-corrected chi connectivity index (χ2v) is 10.3. The molecular formula is C29H31N5O3S. The van der Waals surface area contributed by atoms with E-state index in [-0.39, 0.29) is 0 Å². The number of nitrogens with one attached hydrogen (secondary N) is 1. The van der Waals surface area contributed by atoms with Crippen molar-refractivity contribution in [1.82, 2.24) is 14.8 Å². The van der Waals surface area contributed by atoms with Crippen LogP contribution in [0.4, 0.5) is 11.4 Å². The van der Waals surface area contributed by atoms with Crippen LogP contribution in [0.5, 0.6) is 17.2 Å². The summed E-state index contributed by atoms with van der Waals surface area (Å²) < 4.78 is 16.4. The molecule has 0 radical (unpaired) electrons. The van der Waals surface area contributed by atoms with E-state index < -0.39 is 0 Å². The first-order valence-corrected chi connectivity index (χ1v) is 13.3. The molecule has 2 aromatic carbocycles. The van der Waals surface area contributed by atoms with Crippen LogP contribution in [0.2, 0.25) is 0 Å². The maximum absolute atomic E-state index is 9.82. The number of hydrogen-bond acceptors (Lipinski definition) is 9. The summed E-state index contributed by atoms with van der Waals surface area (Å²) in [6.07, 6.45) is 1.61. The summed E-state index contributed by atoms with van der Waals surface area (Å²) >= 11 is 1.80. The van der Waals surface area contributed by atoms with Crippen LogP contribution >= 0.6 is 11.3 Å². The van der Waals surface area contributed by atoms with Gasteiger partial charge in [-0.25, -0.2) is 0 Å². The quantitative estimate of drug-likeness (QED) is 0.327. The Morgan fingerprint density at radius 3 is 2.37 bits per heavy atom. The van der Waals surface area contributed by atoms with E-state index in [2.05, 4.69) is 56.8 Å². The van der Waals surface area contributed by atoms with Gasteiger partial charge in [0.15, 0.2) is 11.5 Å². The minimum atomic E-state index is 0.448. The van der Waals surface area contributed by atoms with Gasteiger partial charge in [-0.05, 0) is 35.7 Å². The smallest absolute Gasteiger partial charge is 0.203 e. The Morgan fingerprint density at radius 1 is 0.974 bits per heavy atom. The Morgan fingerprint density at radius 2 is 1.71 bits per heavy atom. The van der Waals surface area contributed by atoms with Gasteiger partial charge in [-0.1, -0.05) is 12.1 Å². The number of nitrogens with zero attached hydrogens (tertiary/aromatic N) is 4. The van der Waals surface area contributed by atoms with Crippen LogP contribution in [-0.2, 0) is 6.54 Å². The van der Waals surface area contributed by atoms with Gasteiger partial charge in [0.05, 0.1) is 38.1 Å². The van der Waals surface area contributed by atoms with Gasteiger partial charge in [-0.15, -0.1) is 11.3 Å². The maximum atomic E-state index is 9.82. The number of aromatic nitrogens is 1. The summed E-state index contributed by atoms with van der Waals surface area (Å²) in [5, 5.41) is 16.3. The molecule has 0 aliphatic carbocycles. The second kappa shape index (κ2) is 11.3. The van der Waals surface area contributed by atoms with E-state index in [1.165, 1.54) is 10.4 Å². The molecule has 196 valence electrons. The zero-order valence-corrected chi connectivity index (χ0v) is 22.9. The van der Waals surface area contributed by atoms with Crippen molar-refractivity contribution in [1.29, 1.82) is 5.26 Å². The molecule has 0 bridgehead atoms. The van der Waals surface area contributed by atoms with Gasteiger partial charge in [0, 0.05) is 67.0 Å². The van der Waals surface area contributed by atoms with Crippen LogP contribution in [-0.4, -0.2) is 69.3 Å². The van der Waals surface area contributed by atoms with E-state index in [1.807, 2.05) is 18.2 Å². The number of likely N-dealkylation sites (N-methyl/N-ethyl adjacent to an activating group) is 1. The molecule has 9 heteroatoms. The van der Waals surface area contributed by atoms with E-state index in [0.717, 1.165) is 49.2 Å². The van der Waals surface area contributed by atoms with Crippen LogP contribution in [0.15, 0.2) is 48.0 Å². The van der Waals surface area contributed by atoms with Crippen molar-refractivity contribution in [3.63, 3.8) is 0 Å². The molecule has 0 spiro atoms. The minimum Gasteiger partial charge on any atom is -0.493 e. The fraction of sp³-hybridized carbons (Fsp3) is 0.310. The molecule has 38 heavy (non-hydrogen) atoms. The lowest BCUT2D eigenvalue weighted by Crippen LogP contribution is -2.43. The molecule has 0 unspecified atom stereocenters. The van der Waals surface area contributed by atoms with Crippen LogP contribution in [0.3, 0.4) is 0 Å². The molecule has 1 saturated heterocycles. The Bertz CT molecular complexity index is 1460. The predicted octanol–water partition coefficient (Wildman–Crippen LogP) is 5.35. The zero-order valence-electron chi connectivity index (χ0n) is 22.1. The summed E-state index contributed by atoms with van der Waals surface area (Å²) in [7, 11) is 6.90. The number of hydrogen-bond donors (Lipinski definition) is 1. The fourth-order valence-corrected chi connectivity index (χ4v) is 5.67. The van der Waals surface area contributed by atoms with Gasteiger partial charge in [-0.2, -0.15) is 5.26 Å². The van der Waals surface area contributed by atoms with Crippen molar-refractivity contribution in [2.24, 2.45) is 0 Å². The van der Waals surface area contributed by atoms with Crippen LogP contribution < -0.4 is 19.5 Å². The Kier molecular flexibility index (Phi) is 7.65. The molecule has 2 aromatic heterocycles. The minimum absolute atomic E-state index is 0.448. The monoisotopic (exact) mass is 529 g/mol. The fourth-order valence-electron chi connectivity index (χ4n) is 4.73. The molecule has 0 amide bonds. The number of nitriles is 1. The SMILES string of the molecule is COc1cc(Nc2c(C#N)cnc3cc(-c4csc(CN5CCN(C)CC5)c4)ccc23)cc(OC)c1OC. The largest absolute Gasteiger partial charge is 0.493 e. The summed E-state index contributed by atoms with van der Waals surface area (Å²) in [6, 6.07) is 14.4. The molecule has 8 nitrogen and oxygen atoms in total. The third-order valence-corrected chi connectivity index (χ3v) is 7.81. The molecule has 0 atom stereocenters. The van der Waals surface area contributed by atoms with E-state index >= 15 is 0 Å². The van der Waals surface area contributed by atoms with Gasteiger partial charge in [-0.3, -0.25) is 9.88 Å². The number of piperazine rings is 1. The lowest BCUT2D eigenvalue weighted by molar-refractivity contribution is 0.149. The van der Waals surface area contributed by atoms with Crippen molar-refractivity contribution in [3.8, 4) is 34.4 Å². The highest BCUT2D eigenvalue weighted by atomic mass is 32.1. The first kappa shape index (κ1) is 25.8. The highest BCUT2D eigenvalue weighted by molar-refractivity contribution is 7.10. The number of ether oxygens (including phenoxy) is 3. The highest BCUT2D eigenvalue weighted by Crippen LogP contribution is 2.42. The van der Waals surface area contributed by atoms with Crippen LogP contribution in [0, 0.1) is 11.3 Å². The van der Waals surface area contributed by atoms with Crippen molar-refractivity contribution in [2.75, 3.05) is 59.9 Å². The third kappa shape index (κ3) is 5.24. The van der Waals surface area contributed by atoms with Crippen molar-refractivity contribution in [2.45, 2.75) is 6.54 Å². The molecule has 1 aliphatic rings. The standard InChI is InChI=1S/C29H31N5O3S/c1-33-7-9-34(10-8-33)17-23-11-20(18-38-23)19-5-6-24-25(12-19)31-16-21(15-30)28(24)32-22-13-26(35-2)29(37-4)27(14-22)36-3/h5-6,11-14,16,18H,7-10,17H2,1-4H3,(H,31,32).